The minimum atomic E-state index is -0.616. The van der Waals surface area contributed by atoms with Crippen LogP contribution in [-0.4, -0.2) is 69.3 Å². The monoisotopic (exact) mass is 402 g/mol. The molecule has 0 aliphatic carbocycles. The molecule has 10 nitrogen and oxygen atoms in total. The summed E-state index contributed by atoms with van der Waals surface area (Å²) < 4.78 is 30.0. The van der Waals surface area contributed by atoms with Gasteiger partial charge in [-0.3, -0.25) is 4.90 Å². The number of nitrogens with zero attached hydrogens (tertiary/aromatic N) is 5. The summed E-state index contributed by atoms with van der Waals surface area (Å²) in [5.74, 6) is -0.628. The number of carbonyl (C=O) groups is 1. The average molecular weight is 402 g/mol. The van der Waals surface area contributed by atoms with Crippen LogP contribution in [0.25, 0.3) is 22.6 Å². The molecule has 29 heavy (non-hydrogen) atoms. The third-order valence-corrected chi connectivity index (χ3v) is 4.43. The smallest absolute Gasteiger partial charge is 0.361 e. The van der Waals surface area contributed by atoms with Crippen LogP contribution in [0.15, 0.2) is 22.7 Å². The fraction of sp³-hybridized carbons (Fsp3) is 0.389. The van der Waals surface area contributed by atoms with Crippen LogP contribution < -0.4 is 0 Å². The van der Waals surface area contributed by atoms with Gasteiger partial charge < -0.3 is 14.0 Å². The molecule has 1 aliphatic heterocycles. The first-order valence-corrected chi connectivity index (χ1v) is 9.16. The van der Waals surface area contributed by atoms with E-state index in [1.54, 1.807) is 6.92 Å². The molecule has 3 heterocycles. The molecule has 1 saturated heterocycles. The number of carbonyl (C=O) groups excluding carboxylic acids is 1. The van der Waals surface area contributed by atoms with Gasteiger partial charge in [-0.05, 0) is 25.1 Å². The van der Waals surface area contributed by atoms with Crippen LogP contribution in [0.3, 0.4) is 0 Å². The molecule has 0 amide bonds. The zero-order valence-corrected chi connectivity index (χ0v) is 15.7. The van der Waals surface area contributed by atoms with E-state index < -0.39 is 11.8 Å². The molecule has 1 aromatic carbocycles. The highest BCUT2D eigenvalue weighted by Crippen LogP contribution is 2.28. The van der Waals surface area contributed by atoms with Gasteiger partial charge in [-0.2, -0.15) is 15.3 Å². The lowest BCUT2D eigenvalue weighted by Gasteiger charge is -2.24. The van der Waals surface area contributed by atoms with Crippen LogP contribution >= 0.6 is 0 Å². The summed E-state index contributed by atoms with van der Waals surface area (Å²) in [5, 5.41) is 14.1. The Morgan fingerprint density at radius 1 is 1.31 bits per heavy atom. The molecule has 0 unspecified atom stereocenters. The largest absolute Gasteiger partial charge is 0.461 e. The van der Waals surface area contributed by atoms with Crippen molar-refractivity contribution in [2.75, 3.05) is 32.9 Å². The van der Waals surface area contributed by atoms with Gasteiger partial charge in [0.05, 0.1) is 31.9 Å². The third-order valence-electron chi connectivity index (χ3n) is 4.43. The summed E-state index contributed by atoms with van der Waals surface area (Å²) in [6, 6.07) is 4.25. The molecule has 152 valence electrons. The van der Waals surface area contributed by atoms with Gasteiger partial charge in [0.25, 0.3) is 0 Å². The summed E-state index contributed by atoms with van der Waals surface area (Å²) in [6.45, 7) is 5.20. The van der Waals surface area contributed by atoms with Crippen LogP contribution in [0.4, 0.5) is 4.39 Å². The van der Waals surface area contributed by atoms with Crippen molar-refractivity contribution < 1.29 is 23.2 Å². The number of esters is 1. The van der Waals surface area contributed by atoms with E-state index in [0.717, 1.165) is 13.1 Å². The van der Waals surface area contributed by atoms with E-state index in [0.29, 0.717) is 31.2 Å². The molecule has 0 bridgehead atoms. The maximum atomic E-state index is 14.5. The first kappa shape index (κ1) is 19.2. The molecule has 1 aliphatic rings. The van der Waals surface area contributed by atoms with E-state index in [4.69, 9.17) is 14.0 Å². The lowest BCUT2D eigenvalue weighted by Crippen LogP contribution is -2.35. The quantitative estimate of drug-likeness (QED) is 0.614. The summed E-state index contributed by atoms with van der Waals surface area (Å²) in [5.41, 5.74) is 0.877. The number of aromatic amines is 1. The normalized spacial score (nSPS) is 14.8. The predicted octanol–water partition coefficient (Wildman–Crippen LogP) is 1.67. The van der Waals surface area contributed by atoms with Gasteiger partial charge in [-0.25, -0.2) is 9.18 Å². The number of morpholine rings is 1. The molecule has 0 saturated carbocycles. The van der Waals surface area contributed by atoms with Crippen LogP contribution in [0.2, 0.25) is 0 Å². The van der Waals surface area contributed by atoms with E-state index in [9.17, 15) is 9.18 Å². The second-order valence-corrected chi connectivity index (χ2v) is 6.34. The number of halogens is 1. The number of benzene rings is 1. The van der Waals surface area contributed by atoms with E-state index in [-0.39, 0.29) is 29.4 Å². The van der Waals surface area contributed by atoms with E-state index in [2.05, 4.69) is 30.5 Å². The van der Waals surface area contributed by atoms with Crippen molar-refractivity contribution in [1.29, 1.82) is 0 Å². The summed E-state index contributed by atoms with van der Waals surface area (Å²) in [7, 11) is 0. The Bertz CT molecular complexity index is 998. The molecule has 1 N–H and O–H groups in total. The molecular weight excluding hydrogens is 383 g/mol. The van der Waals surface area contributed by atoms with E-state index >= 15 is 0 Å². The molecule has 1 fully saturated rings. The second kappa shape index (κ2) is 8.45. The average Bonchev–Trinajstić information content (AvgIpc) is 3.39. The van der Waals surface area contributed by atoms with Crippen molar-refractivity contribution in [1.82, 2.24) is 30.5 Å². The Hall–Kier alpha value is -3.18. The van der Waals surface area contributed by atoms with Crippen molar-refractivity contribution >= 4 is 5.97 Å². The van der Waals surface area contributed by atoms with Crippen molar-refractivity contribution in [3.63, 3.8) is 0 Å². The zero-order chi connectivity index (χ0) is 20.2. The minimum absolute atomic E-state index is 0.0190. The van der Waals surface area contributed by atoms with Crippen molar-refractivity contribution in [3.8, 4) is 22.6 Å². The number of hydrogen-bond acceptors (Lipinski definition) is 9. The topological polar surface area (TPSA) is 119 Å². The maximum Gasteiger partial charge on any atom is 0.361 e. The lowest BCUT2D eigenvalue weighted by atomic mass is 10.1. The molecule has 2 aromatic heterocycles. The highest BCUT2D eigenvalue weighted by atomic mass is 19.1. The summed E-state index contributed by atoms with van der Waals surface area (Å²) in [6.07, 6.45) is 0. The lowest BCUT2D eigenvalue weighted by molar-refractivity contribution is 0.0297. The number of nitrogens with one attached hydrogen (secondary N) is 1. The number of hydrogen-bond donors (Lipinski definition) is 1. The molecule has 0 atom stereocenters. The Kier molecular flexibility index (Phi) is 5.58. The minimum Gasteiger partial charge on any atom is -0.461 e. The number of rotatable bonds is 6. The Morgan fingerprint density at radius 2 is 2.14 bits per heavy atom. The van der Waals surface area contributed by atoms with Crippen LogP contribution in [0.5, 0.6) is 0 Å². The third kappa shape index (κ3) is 4.15. The number of ether oxygens (including phenoxy) is 2. The van der Waals surface area contributed by atoms with Gasteiger partial charge in [-0.15, -0.1) is 5.10 Å². The van der Waals surface area contributed by atoms with Crippen molar-refractivity contribution in [3.05, 3.63) is 35.6 Å². The molecule has 0 radical (unpaired) electrons. The van der Waals surface area contributed by atoms with Crippen LogP contribution in [0.1, 0.15) is 23.3 Å². The SMILES string of the molecule is CCOC(=O)c1n[nH]nc1-c1ccc(F)c(-c2noc(CN3CCOCC3)n2)c1. The van der Waals surface area contributed by atoms with E-state index in [1.807, 2.05) is 0 Å². The van der Waals surface area contributed by atoms with Gasteiger partial charge in [0.1, 0.15) is 11.5 Å². The predicted molar refractivity (Wildman–Crippen MR) is 97.1 cm³/mol. The second-order valence-electron chi connectivity index (χ2n) is 6.34. The fourth-order valence-corrected chi connectivity index (χ4v) is 3.00. The highest BCUT2D eigenvalue weighted by Gasteiger charge is 2.22. The molecule has 4 rings (SSSR count). The Labute approximate surface area is 165 Å². The first-order valence-electron chi connectivity index (χ1n) is 9.16. The highest BCUT2D eigenvalue weighted by molar-refractivity contribution is 5.94. The first-order chi connectivity index (χ1) is 14.2. The van der Waals surface area contributed by atoms with Gasteiger partial charge in [0.15, 0.2) is 5.69 Å². The van der Waals surface area contributed by atoms with Gasteiger partial charge >= 0.3 is 5.97 Å². The van der Waals surface area contributed by atoms with Crippen LogP contribution in [0, 0.1) is 5.82 Å². The van der Waals surface area contributed by atoms with Gasteiger partial charge in [0.2, 0.25) is 11.7 Å². The molecule has 3 aromatic rings. The Balaban J connectivity index is 1.60. The van der Waals surface area contributed by atoms with Crippen LogP contribution in [-0.2, 0) is 16.0 Å². The maximum absolute atomic E-state index is 14.5. The summed E-state index contributed by atoms with van der Waals surface area (Å²) >= 11 is 0. The van der Waals surface area contributed by atoms with Crippen molar-refractivity contribution in [2.24, 2.45) is 0 Å². The molecule has 11 heteroatoms. The number of H-pyrrole nitrogens is 1. The number of aromatic nitrogens is 5. The van der Waals surface area contributed by atoms with Crippen molar-refractivity contribution in [2.45, 2.75) is 13.5 Å². The molecular formula is C18H19FN6O4. The fourth-order valence-electron chi connectivity index (χ4n) is 3.00. The Morgan fingerprint density at radius 3 is 2.93 bits per heavy atom. The summed E-state index contributed by atoms with van der Waals surface area (Å²) in [4.78, 5) is 18.5. The van der Waals surface area contributed by atoms with Gasteiger partial charge in [-0.1, -0.05) is 5.16 Å². The van der Waals surface area contributed by atoms with Gasteiger partial charge in [0, 0.05) is 18.7 Å². The zero-order valence-electron chi connectivity index (χ0n) is 15.7. The standard InChI is InChI=1S/C18H19FN6O4/c1-2-28-18(26)16-15(21-24-22-16)11-3-4-13(19)12(9-11)17-20-14(29-23-17)10-25-5-7-27-8-6-25/h3-4,9H,2,5-8,10H2,1H3,(H,21,22,24). The van der Waals surface area contributed by atoms with E-state index in [1.165, 1.54) is 18.2 Å². The molecule has 0 spiro atoms.